The van der Waals surface area contributed by atoms with Crippen LogP contribution < -0.4 is 0 Å². The van der Waals surface area contributed by atoms with Gasteiger partial charge in [-0.05, 0) is 39.8 Å². The summed E-state index contributed by atoms with van der Waals surface area (Å²) in [6.45, 7) is 7.68. The van der Waals surface area contributed by atoms with Crippen LogP contribution in [0.3, 0.4) is 0 Å². The monoisotopic (exact) mass is 175 g/mol. The molecule has 0 bridgehead atoms. The van der Waals surface area contributed by atoms with Gasteiger partial charge in [-0.25, -0.2) is 4.39 Å². The van der Waals surface area contributed by atoms with Crippen LogP contribution in [0, 0.1) is 0 Å². The molecule has 0 radical (unpaired) electrons. The van der Waals surface area contributed by atoms with Crippen molar-refractivity contribution in [3.05, 3.63) is 0 Å². The van der Waals surface area contributed by atoms with Gasteiger partial charge in [0, 0.05) is 6.54 Å². The molecule has 0 aromatic rings. The molecule has 1 heterocycles. The topological polar surface area (TPSA) is 3.24 Å². The number of hydrogen-bond donors (Lipinski definition) is 0. The highest BCUT2D eigenvalue weighted by atomic mass is 19.1. The average Bonchev–Trinajstić information content (AvgIpc) is 2.17. The first-order chi connectivity index (χ1) is 5.60. The number of nitrogens with zero attached hydrogens (tertiary/aromatic N) is 1. The molecule has 12 heavy (non-hydrogen) atoms. The molecular formula is C10H22FN. The number of likely N-dealkylation sites (tertiary alicyclic amines) is 1. The third-order valence-corrected chi connectivity index (χ3v) is 2.25. The Morgan fingerprint density at radius 2 is 1.75 bits per heavy atom. The number of rotatable bonds is 0. The molecule has 0 aromatic heterocycles. The van der Waals surface area contributed by atoms with Crippen LogP contribution in [0.5, 0.6) is 0 Å². The fourth-order valence-corrected chi connectivity index (χ4v) is 1.38. The summed E-state index contributed by atoms with van der Waals surface area (Å²) in [5.74, 6) is 0. The number of hydrogen-bond acceptors (Lipinski definition) is 1. The van der Waals surface area contributed by atoms with Gasteiger partial charge in [0.2, 0.25) is 0 Å². The van der Waals surface area contributed by atoms with Crippen molar-refractivity contribution in [3.8, 4) is 0 Å². The highest BCUT2D eigenvalue weighted by molar-refractivity contribution is 4.78. The molecule has 0 spiro atoms. The van der Waals surface area contributed by atoms with Crippen molar-refractivity contribution >= 4 is 0 Å². The fraction of sp³-hybridized carbons (Fsp3) is 1.00. The van der Waals surface area contributed by atoms with Crippen LogP contribution in [0.25, 0.3) is 0 Å². The maximum absolute atomic E-state index is 13.3. The first-order valence-electron chi connectivity index (χ1n) is 4.98. The maximum Gasteiger partial charge on any atom is 0.109 e. The van der Waals surface area contributed by atoms with Crippen LogP contribution in [0.2, 0.25) is 0 Å². The molecule has 1 aliphatic heterocycles. The van der Waals surface area contributed by atoms with Crippen molar-refractivity contribution in [2.45, 2.75) is 45.7 Å². The van der Waals surface area contributed by atoms with Gasteiger partial charge in [0.05, 0.1) is 0 Å². The largest absolute Gasteiger partial charge is 0.306 e. The molecule has 0 N–H and O–H groups in total. The van der Waals surface area contributed by atoms with Gasteiger partial charge in [0.25, 0.3) is 0 Å². The summed E-state index contributed by atoms with van der Waals surface area (Å²) in [6.07, 6.45) is 2.43. The van der Waals surface area contributed by atoms with E-state index in [0.717, 1.165) is 25.9 Å². The van der Waals surface area contributed by atoms with E-state index in [4.69, 9.17) is 0 Å². The van der Waals surface area contributed by atoms with Crippen LogP contribution in [-0.4, -0.2) is 30.7 Å². The van der Waals surface area contributed by atoms with Crippen molar-refractivity contribution in [2.75, 3.05) is 20.1 Å². The minimum atomic E-state index is -0.898. The molecule has 0 aromatic carbocycles. The zero-order valence-corrected chi connectivity index (χ0v) is 8.86. The summed E-state index contributed by atoms with van der Waals surface area (Å²) in [6, 6.07) is 0. The van der Waals surface area contributed by atoms with Crippen LogP contribution >= 0.6 is 0 Å². The summed E-state index contributed by atoms with van der Waals surface area (Å²) < 4.78 is 13.3. The van der Waals surface area contributed by atoms with Crippen molar-refractivity contribution in [1.82, 2.24) is 4.90 Å². The molecule has 1 unspecified atom stereocenters. The molecule has 1 atom stereocenters. The second-order valence-corrected chi connectivity index (χ2v) is 3.57. The molecule has 0 amide bonds. The van der Waals surface area contributed by atoms with E-state index < -0.39 is 5.67 Å². The van der Waals surface area contributed by atoms with Gasteiger partial charge < -0.3 is 4.90 Å². The lowest BCUT2D eigenvalue weighted by atomic mass is 10.0. The Kier molecular flexibility index (Phi) is 5.47. The van der Waals surface area contributed by atoms with Crippen molar-refractivity contribution in [3.63, 3.8) is 0 Å². The Morgan fingerprint density at radius 3 is 2.33 bits per heavy atom. The molecule has 1 fully saturated rings. The second kappa shape index (κ2) is 5.52. The van der Waals surface area contributed by atoms with E-state index in [-0.39, 0.29) is 0 Å². The minimum absolute atomic E-state index is 0.698. The first-order valence-corrected chi connectivity index (χ1v) is 4.98. The van der Waals surface area contributed by atoms with Crippen LogP contribution in [-0.2, 0) is 0 Å². The third kappa shape index (κ3) is 4.70. The Morgan fingerprint density at radius 1 is 1.17 bits per heavy atom. The highest BCUT2D eigenvalue weighted by Crippen LogP contribution is 2.24. The minimum Gasteiger partial charge on any atom is -0.306 e. The predicted octanol–water partition coefficient (Wildman–Crippen LogP) is 2.86. The van der Waals surface area contributed by atoms with Gasteiger partial charge in [0.15, 0.2) is 0 Å². The van der Waals surface area contributed by atoms with Crippen molar-refractivity contribution in [1.29, 1.82) is 0 Å². The number of halogens is 1. The molecule has 0 saturated carbocycles. The number of alkyl halides is 1. The van der Waals surface area contributed by atoms with Gasteiger partial charge in [-0.2, -0.15) is 0 Å². The van der Waals surface area contributed by atoms with Crippen LogP contribution in [0.1, 0.15) is 40.0 Å². The second-order valence-electron chi connectivity index (χ2n) is 3.57. The summed E-state index contributed by atoms with van der Waals surface area (Å²) >= 11 is 0. The van der Waals surface area contributed by atoms with Crippen molar-refractivity contribution < 1.29 is 4.39 Å². The Labute approximate surface area is 75.9 Å². The lowest BCUT2D eigenvalue weighted by Crippen LogP contribution is -2.22. The lowest BCUT2D eigenvalue weighted by molar-refractivity contribution is 0.164. The smallest absolute Gasteiger partial charge is 0.109 e. The zero-order valence-electron chi connectivity index (χ0n) is 8.86. The summed E-state index contributed by atoms with van der Waals surface area (Å²) in [4.78, 5) is 2.20. The van der Waals surface area contributed by atoms with Crippen LogP contribution in [0.4, 0.5) is 4.39 Å². The predicted molar refractivity (Wildman–Crippen MR) is 52.2 cm³/mol. The quantitative estimate of drug-likeness (QED) is 0.547. The SMILES string of the molecule is CC.CN1CCCC(C)(F)CC1. The first kappa shape index (κ1) is 11.9. The molecule has 74 valence electrons. The normalized spacial score (nSPS) is 31.8. The third-order valence-electron chi connectivity index (χ3n) is 2.25. The molecule has 1 saturated heterocycles. The summed E-state index contributed by atoms with van der Waals surface area (Å²) in [7, 11) is 2.06. The van der Waals surface area contributed by atoms with E-state index >= 15 is 0 Å². The van der Waals surface area contributed by atoms with Crippen molar-refractivity contribution in [2.24, 2.45) is 0 Å². The molecular weight excluding hydrogens is 153 g/mol. The van der Waals surface area contributed by atoms with Gasteiger partial charge in [-0.1, -0.05) is 13.8 Å². The van der Waals surface area contributed by atoms with E-state index in [0.29, 0.717) is 6.42 Å². The highest BCUT2D eigenvalue weighted by Gasteiger charge is 2.25. The van der Waals surface area contributed by atoms with Crippen LogP contribution in [0.15, 0.2) is 0 Å². The summed E-state index contributed by atoms with van der Waals surface area (Å²) in [5.41, 5.74) is -0.898. The lowest BCUT2D eigenvalue weighted by Gasteiger charge is -2.16. The zero-order chi connectivity index (χ0) is 9.61. The Balaban J connectivity index is 0.000000561. The Hall–Kier alpha value is -0.110. The van der Waals surface area contributed by atoms with Gasteiger partial charge in [-0.15, -0.1) is 0 Å². The summed E-state index contributed by atoms with van der Waals surface area (Å²) in [5, 5.41) is 0. The van der Waals surface area contributed by atoms with E-state index in [1.54, 1.807) is 6.92 Å². The van der Waals surface area contributed by atoms with E-state index in [9.17, 15) is 4.39 Å². The molecule has 1 rings (SSSR count). The maximum atomic E-state index is 13.3. The van der Waals surface area contributed by atoms with Gasteiger partial charge in [0.1, 0.15) is 5.67 Å². The molecule has 2 heteroatoms. The van der Waals surface area contributed by atoms with Gasteiger partial charge >= 0.3 is 0 Å². The average molecular weight is 175 g/mol. The molecule has 0 aliphatic carbocycles. The van der Waals surface area contributed by atoms with Gasteiger partial charge in [-0.3, -0.25) is 0 Å². The standard InChI is InChI=1S/C8H16FN.C2H6/c1-8(9)4-3-6-10(2)7-5-8;1-2/h3-7H2,1-2H3;1-2H3. The fourth-order valence-electron chi connectivity index (χ4n) is 1.38. The van der Waals surface area contributed by atoms with E-state index in [1.807, 2.05) is 13.8 Å². The van der Waals surface area contributed by atoms with E-state index in [1.165, 1.54) is 0 Å². The Bertz CT molecular complexity index is 112. The van der Waals surface area contributed by atoms with E-state index in [2.05, 4.69) is 11.9 Å². The molecule has 1 nitrogen and oxygen atoms in total. The molecule has 1 aliphatic rings.